The molecule has 0 unspecified atom stereocenters. The zero-order chi connectivity index (χ0) is 11.8. The number of methoxy groups -OCH3 is 1. The van der Waals surface area contributed by atoms with Crippen LogP contribution < -0.4 is 0 Å². The monoisotopic (exact) mass is 220 g/mol. The Hall–Kier alpha value is -1.61. The Kier molecular flexibility index (Phi) is 5.29. The minimum Gasteiger partial charge on any atom is -0.458 e. The van der Waals surface area contributed by atoms with Crippen molar-refractivity contribution in [3.8, 4) is 0 Å². The van der Waals surface area contributed by atoms with Gasteiger partial charge < -0.3 is 9.47 Å². The van der Waals surface area contributed by atoms with Crippen LogP contribution in [0.3, 0.4) is 0 Å². The van der Waals surface area contributed by atoms with Gasteiger partial charge in [0.1, 0.15) is 6.61 Å². The van der Waals surface area contributed by atoms with Crippen LogP contribution in [0.25, 0.3) is 0 Å². The third kappa shape index (κ3) is 4.75. The molecule has 0 atom stereocenters. The van der Waals surface area contributed by atoms with Gasteiger partial charge in [-0.25, -0.2) is 4.79 Å². The highest BCUT2D eigenvalue weighted by atomic mass is 16.5. The fraction of sp³-hybridized carbons (Fsp3) is 0.308. The smallest absolute Gasteiger partial charge is 0.331 e. The highest BCUT2D eigenvalue weighted by Crippen LogP contribution is 2.02. The lowest BCUT2D eigenvalue weighted by atomic mass is 10.2. The van der Waals surface area contributed by atoms with Gasteiger partial charge in [0.2, 0.25) is 0 Å². The van der Waals surface area contributed by atoms with E-state index in [4.69, 9.17) is 9.47 Å². The lowest BCUT2D eigenvalue weighted by Gasteiger charge is -2.03. The van der Waals surface area contributed by atoms with Crippen LogP contribution in [0.5, 0.6) is 0 Å². The first-order valence-electron chi connectivity index (χ1n) is 5.09. The van der Waals surface area contributed by atoms with Crippen molar-refractivity contribution in [3.05, 3.63) is 47.5 Å². The average molecular weight is 220 g/mol. The molecule has 1 aromatic rings. The molecule has 1 rings (SSSR count). The molecule has 0 aliphatic carbocycles. The summed E-state index contributed by atoms with van der Waals surface area (Å²) in [6.07, 6.45) is 1.45. The molecule has 0 aliphatic heterocycles. The molecule has 0 fully saturated rings. The molecule has 0 aliphatic rings. The van der Waals surface area contributed by atoms with E-state index in [2.05, 4.69) is 0 Å². The molecule has 0 spiro atoms. The van der Waals surface area contributed by atoms with Gasteiger partial charge in [-0.2, -0.15) is 0 Å². The van der Waals surface area contributed by atoms with Crippen molar-refractivity contribution >= 4 is 5.97 Å². The summed E-state index contributed by atoms with van der Waals surface area (Å²) >= 11 is 0. The molecule has 3 heteroatoms. The fourth-order valence-corrected chi connectivity index (χ4v) is 1.24. The highest BCUT2D eigenvalue weighted by Gasteiger charge is 2.00. The van der Waals surface area contributed by atoms with Crippen LogP contribution >= 0.6 is 0 Å². The van der Waals surface area contributed by atoms with Crippen LogP contribution in [-0.4, -0.2) is 19.7 Å². The van der Waals surface area contributed by atoms with Crippen molar-refractivity contribution in [2.24, 2.45) is 0 Å². The molecule has 3 nitrogen and oxygen atoms in total. The topological polar surface area (TPSA) is 35.5 Å². The highest BCUT2D eigenvalue weighted by molar-refractivity contribution is 5.82. The molecule has 0 amide bonds. The summed E-state index contributed by atoms with van der Waals surface area (Å²) in [5.41, 5.74) is 1.83. The third-order valence-corrected chi connectivity index (χ3v) is 1.96. The van der Waals surface area contributed by atoms with E-state index in [0.717, 1.165) is 11.1 Å². The van der Waals surface area contributed by atoms with E-state index in [0.29, 0.717) is 13.2 Å². The summed E-state index contributed by atoms with van der Waals surface area (Å²) in [4.78, 5) is 11.3. The van der Waals surface area contributed by atoms with E-state index in [1.165, 1.54) is 6.08 Å². The van der Waals surface area contributed by atoms with Crippen molar-refractivity contribution in [1.82, 2.24) is 0 Å². The average Bonchev–Trinajstić information content (AvgIpc) is 2.28. The van der Waals surface area contributed by atoms with Gasteiger partial charge in [-0.1, -0.05) is 30.3 Å². The van der Waals surface area contributed by atoms with Crippen molar-refractivity contribution in [3.63, 3.8) is 0 Å². The van der Waals surface area contributed by atoms with E-state index >= 15 is 0 Å². The summed E-state index contributed by atoms with van der Waals surface area (Å²) < 4.78 is 9.97. The summed E-state index contributed by atoms with van der Waals surface area (Å²) in [6, 6.07) is 9.58. The Bertz CT molecular complexity index is 355. The van der Waals surface area contributed by atoms with Crippen LogP contribution in [-0.2, 0) is 20.9 Å². The van der Waals surface area contributed by atoms with Crippen LogP contribution in [0.1, 0.15) is 12.5 Å². The lowest BCUT2D eigenvalue weighted by Crippen LogP contribution is -2.03. The van der Waals surface area contributed by atoms with Gasteiger partial charge in [0.05, 0.1) is 6.61 Å². The largest absolute Gasteiger partial charge is 0.458 e. The van der Waals surface area contributed by atoms with E-state index in [9.17, 15) is 4.79 Å². The van der Waals surface area contributed by atoms with Gasteiger partial charge in [0.25, 0.3) is 0 Å². The second kappa shape index (κ2) is 6.80. The maximum atomic E-state index is 11.3. The molecule has 0 saturated carbocycles. The first-order chi connectivity index (χ1) is 7.72. The van der Waals surface area contributed by atoms with Gasteiger partial charge in [-0.3, -0.25) is 0 Å². The first-order valence-corrected chi connectivity index (χ1v) is 5.09. The number of carbonyl (C=O) groups is 1. The van der Waals surface area contributed by atoms with Crippen molar-refractivity contribution in [2.45, 2.75) is 13.5 Å². The van der Waals surface area contributed by atoms with Gasteiger partial charge in [0.15, 0.2) is 0 Å². The van der Waals surface area contributed by atoms with Crippen molar-refractivity contribution < 1.29 is 14.3 Å². The quantitative estimate of drug-likeness (QED) is 0.564. The molecule has 86 valence electrons. The van der Waals surface area contributed by atoms with E-state index in [1.54, 1.807) is 7.11 Å². The number of esters is 1. The molecule has 0 N–H and O–H groups in total. The van der Waals surface area contributed by atoms with E-state index in [1.807, 2.05) is 37.3 Å². The molecular weight excluding hydrogens is 204 g/mol. The summed E-state index contributed by atoms with van der Waals surface area (Å²) in [5.74, 6) is -0.335. The number of hydrogen-bond acceptors (Lipinski definition) is 3. The van der Waals surface area contributed by atoms with Crippen LogP contribution in [0.2, 0.25) is 0 Å². The van der Waals surface area contributed by atoms with Gasteiger partial charge in [0, 0.05) is 13.2 Å². The SMILES string of the molecule is COC/C(C)=C/C(=O)OCc1ccccc1. The second-order valence-corrected chi connectivity index (χ2v) is 3.52. The minimum absolute atomic E-state index is 0.302. The molecule has 0 saturated heterocycles. The summed E-state index contributed by atoms with van der Waals surface area (Å²) in [6.45, 7) is 2.57. The van der Waals surface area contributed by atoms with Crippen LogP contribution in [0.15, 0.2) is 42.0 Å². The Labute approximate surface area is 95.7 Å². The lowest BCUT2D eigenvalue weighted by molar-refractivity contribution is -0.139. The molecule has 0 aromatic heterocycles. The maximum Gasteiger partial charge on any atom is 0.331 e. The predicted octanol–water partition coefficient (Wildman–Crippen LogP) is 2.32. The van der Waals surface area contributed by atoms with Crippen LogP contribution in [0, 0.1) is 0 Å². The Morgan fingerprint density at radius 2 is 2.00 bits per heavy atom. The van der Waals surface area contributed by atoms with Crippen molar-refractivity contribution in [2.75, 3.05) is 13.7 Å². The van der Waals surface area contributed by atoms with Gasteiger partial charge in [-0.05, 0) is 18.1 Å². The summed E-state index contributed by atoms with van der Waals surface area (Å²) in [7, 11) is 1.59. The predicted molar refractivity (Wildman–Crippen MR) is 61.9 cm³/mol. The molecule has 0 bridgehead atoms. The third-order valence-electron chi connectivity index (χ3n) is 1.96. The van der Waals surface area contributed by atoms with E-state index in [-0.39, 0.29) is 5.97 Å². The molecule has 1 aromatic carbocycles. The number of rotatable bonds is 5. The Morgan fingerprint density at radius 3 is 2.62 bits per heavy atom. The molecule has 16 heavy (non-hydrogen) atoms. The zero-order valence-electron chi connectivity index (χ0n) is 9.60. The zero-order valence-corrected chi connectivity index (χ0v) is 9.60. The van der Waals surface area contributed by atoms with Crippen molar-refractivity contribution in [1.29, 1.82) is 0 Å². The normalized spacial score (nSPS) is 11.2. The molecular formula is C13H16O3. The van der Waals surface area contributed by atoms with Gasteiger partial charge in [-0.15, -0.1) is 0 Å². The minimum atomic E-state index is -0.335. The second-order valence-electron chi connectivity index (χ2n) is 3.52. The molecule has 0 radical (unpaired) electrons. The Balaban J connectivity index is 2.39. The number of carbonyl (C=O) groups excluding carboxylic acids is 1. The van der Waals surface area contributed by atoms with E-state index < -0.39 is 0 Å². The maximum absolute atomic E-state index is 11.3. The Morgan fingerprint density at radius 1 is 1.31 bits per heavy atom. The number of ether oxygens (including phenoxy) is 2. The molecule has 0 heterocycles. The van der Waals surface area contributed by atoms with Gasteiger partial charge >= 0.3 is 5.97 Å². The fourth-order valence-electron chi connectivity index (χ4n) is 1.24. The summed E-state index contributed by atoms with van der Waals surface area (Å²) in [5, 5.41) is 0. The van der Waals surface area contributed by atoms with Crippen LogP contribution in [0.4, 0.5) is 0 Å². The number of benzene rings is 1. The number of hydrogen-bond donors (Lipinski definition) is 0. The standard InChI is InChI=1S/C13H16O3/c1-11(9-15-2)8-13(14)16-10-12-6-4-3-5-7-12/h3-8H,9-10H2,1-2H3/b11-8+. The first kappa shape index (κ1) is 12.5.